The maximum atomic E-state index is 11.8. The number of carbonyl (C=O) groups excluding carboxylic acids is 1. The molecule has 4 heteroatoms. The molecule has 1 aliphatic rings. The lowest BCUT2D eigenvalue weighted by Gasteiger charge is -2.33. The van der Waals surface area contributed by atoms with Gasteiger partial charge in [0.05, 0.1) is 0 Å². The molecule has 98 valence electrons. The average molecular weight is 240 g/mol. The van der Waals surface area contributed by atoms with E-state index in [4.69, 9.17) is 10.5 Å². The van der Waals surface area contributed by atoms with Crippen LogP contribution in [-0.4, -0.2) is 29.7 Å². The highest BCUT2D eigenvalue weighted by atomic mass is 16.6. The Bertz CT molecular complexity index is 297. The molecular formula is C13H24N2O2. The monoisotopic (exact) mass is 240 g/mol. The molecule has 0 radical (unpaired) electrons. The van der Waals surface area contributed by atoms with Crippen LogP contribution in [0.5, 0.6) is 0 Å². The van der Waals surface area contributed by atoms with Crippen molar-refractivity contribution in [2.45, 2.75) is 46.1 Å². The minimum atomic E-state index is -0.420. The van der Waals surface area contributed by atoms with Crippen LogP contribution in [0.1, 0.15) is 40.5 Å². The highest BCUT2D eigenvalue weighted by Gasteiger charge is 2.27. The number of rotatable bonds is 1. The molecular weight excluding hydrogens is 216 g/mol. The lowest BCUT2D eigenvalue weighted by Crippen LogP contribution is -2.42. The van der Waals surface area contributed by atoms with Crippen LogP contribution in [-0.2, 0) is 4.74 Å². The molecule has 4 nitrogen and oxygen atoms in total. The van der Waals surface area contributed by atoms with Crippen LogP contribution < -0.4 is 5.73 Å². The first-order valence-electron chi connectivity index (χ1n) is 6.23. The van der Waals surface area contributed by atoms with Crippen LogP contribution in [0.15, 0.2) is 11.8 Å². The minimum absolute atomic E-state index is 0.213. The fourth-order valence-corrected chi connectivity index (χ4v) is 1.96. The fourth-order valence-electron chi connectivity index (χ4n) is 1.96. The van der Waals surface area contributed by atoms with Crippen molar-refractivity contribution in [2.24, 2.45) is 11.7 Å². The van der Waals surface area contributed by atoms with Gasteiger partial charge in [-0.1, -0.05) is 6.08 Å². The van der Waals surface area contributed by atoms with Gasteiger partial charge in [-0.25, -0.2) is 4.79 Å². The van der Waals surface area contributed by atoms with Gasteiger partial charge in [-0.05, 0) is 40.5 Å². The number of nitrogens with two attached hydrogens (primary N) is 1. The van der Waals surface area contributed by atoms with Gasteiger partial charge in [0, 0.05) is 24.7 Å². The smallest absolute Gasteiger partial charge is 0.410 e. The van der Waals surface area contributed by atoms with Gasteiger partial charge in [-0.15, -0.1) is 0 Å². The van der Waals surface area contributed by atoms with E-state index in [0.29, 0.717) is 5.92 Å². The summed E-state index contributed by atoms with van der Waals surface area (Å²) in [5.41, 5.74) is 6.42. The molecule has 2 N–H and O–H groups in total. The summed E-state index contributed by atoms with van der Waals surface area (Å²) in [6.45, 7) is 9.07. The van der Waals surface area contributed by atoms with E-state index in [1.54, 1.807) is 4.90 Å². The zero-order valence-electron chi connectivity index (χ0n) is 11.3. The minimum Gasteiger partial charge on any atom is -0.444 e. The highest BCUT2D eigenvalue weighted by Crippen LogP contribution is 2.23. The van der Waals surface area contributed by atoms with Crippen molar-refractivity contribution in [3.8, 4) is 0 Å². The van der Waals surface area contributed by atoms with Gasteiger partial charge < -0.3 is 15.4 Å². The molecule has 1 aliphatic heterocycles. The number of likely N-dealkylation sites (tertiary alicyclic amines) is 1. The van der Waals surface area contributed by atoms with Gasteiger partial charge in [-0.3, -0.25) is 0 Å². The Morgan fingerprint density at radius 1 is 1.35 bits per heavy atom. The van der Waals surface area contributed by atoms with Gasteiger partial charge >= 0.3 is 6.09 Å². The molecule has 0 atom stereocenters. The summed E-state index contributed by atoms with van der Waals surface area (Å²) in [5, 5.41) is 0. The Kier molecular flexibility index (Phi) is 4.43. The topological polar surface area (TPSA) is 55.6 Å². The van der Waals surface area contributed by atoms with Crippen molar-refractivity contribution in [2.75, 3.05) is 13.1 Å². The predicted octanol–water partition coefficient (Wildman–Crippen LogP) is 2.50. The van der Waals surface area contributed by atoms with Crippen LogP contribution in [0.3, 0.4) is 0 Å². The first kappa shape index (κ1) is 13.9. The maximum Gasteiger partial charge on any atom is 0.410 e. The van der Waals surface area contributed by atoms with Crippen LogP contribution >= 0.6 is 0 Å². The van der Waals surface area contributed by atoms with Gasteiger partial charge in [-0.2, -0.15) is 0 Å². The second-order valence-electron chi connectivity index (χ2n) is 5.53. The molecule has 1 saturated heterocycles. The molecule has 1 fully saturated rings. The van der Waals surface area contributed by atoms with Crippen molar-refractivity contribution in [3.05, 3.63) is 11.8 Å². The standard InChI is InChI=1S/C13H24N2O2/c1-5-11(14)10-6-8-15(9-7-10)12(16)17-13(2,3)4/h5,10H,6-9,14H2,1-4H3. The van der Waals surface area contributed by atoms with Gasteiger partial charge in [0.1, 0.15) is 5.60 Å². The Morgan fingerprint density at radius 2 is 1.88 bits per heavy atom. The van der Waals surface area contributed by atoms with Crippen molar-refractivity contribution in [3.63, 3.8) is 0 Å². The van der Waals surface area contributed by atoms with E-state index in [-0.39, 0.29) is 6.09 Å². The lowest BCUT2D eigenvalue weighted by atomic mass is 9.94. The summed E-state index contributed by atoms with van der Waals surface area (Å²) < 4.78 is 5.34. The number of nitrogens with zero attached hydrogens (tertiary/aromatic N) is 1. The number of carbonyl (C=O) groups is 1. The highest BCUT2D eigenvalue weighted by molar-refractivity contribution is 5.68. The summed E-state index contributed by atoms with van der Waals surface area (Å²) in [5.74, 6) is 0.415. The average Bonchev–Trinajstić information content (AvgIpc) is 2.26. The number of hydrogen-bond acceptors (Lipinski definition) is 3. The second kappa shape index (κ2) is 5.43. The molecule has 0 unspecified atom stereocenters. The number of piperidine rings is 1. The molecule has 0 saturated carbocycles. The van der Waals surface area contributed by atoms with Crippen molar-refractivity contribution in [1.82, 2.24) is 4.90 Å². The molecule has 1 rings (SSSR count). The summed E-state index contributed by atoms with van der Waals surface area (Å²) in [6.07, 6.45) is 3.59. The van der Waals surface area contributed by atoms with E-state index in [0.717, 1.165) is 31.6 Å². The van der Waals surface area contributed by atoms with E-state index >= 15 is 0 Å². The molecule has 1 heterocycles. The van der Waals surface area contributed by atoms with Gasteiger partial charge in [0.25, 0.3) is 0 Å². The Hall–Kier alpha value is -1.19. The molecule has 1 amide bonds. The SMILES string of the molecule is CC=C(N)C1CCN(C(=O)OC(C)(C)C)CC1. The fraction of sp³-hybridized carbons (Fsp3) is 0.769. The number of amides is 1. The summed E-state index contributed by atoms with van der Waals surface area (Å²) in [6, 6.07) is 0. The molecule has 0 aromatic carbocycles. The number of hydrogen-bond donors (Lipinski definition) is 1. The Labute approximate surface area is 104 Å². The van der Waals surface area contributed by atoms with Gasteiger partial charge in [0.15, 0.2) is 0 Å². The van der Waals surface area contributed by atoms with Crippen LogP contribution in [0.25, 0.3) is 0 Å². The molecule has 0 bridgehead atoms. The van der Waals surface area contributed by atoms with E-state index < -0.39 is 5.60 Å². The first-order chi connectivity index (χ1) is 7.83. The Balaban J connectivity index is 2.44. The largest absolute Gasteiger partial charge is 0.444 e. The molecule has 0 spiro atoms. The third-order valence-corrected chi connectivity index (χ3v) is 2.95. The van der Waals surface area contributed by atoms with E-state index in [2.05, 4.69) is 0 Å². The molecule has 17 heavy (non-hydrogen) atoms. The normalized spacial score (nSPS) is 19.3. The number of ether oxygens (including phenoxy) is 1. The third-order valence-electron chi connectivity index (χ3n) is 2.95. The quantitative estimate of drug-likeness (QED) is 0.766. The molecule has 0 aliphatic carbocycles. The van der Waals surface area contributed by atoms with E-state index in [1.165, 1.54) is 0 Å². The second-order valence-corrected chi connectivity index (χ2v) is 5.53. The third kappa shape index (κ3) is 4.29. The number of allylic oxidation sites excluding steroid dienone is 2. The van der Waals surface area contributed by atoms with E-state index in [1.807, 2.05) is 33.8 Å². The lowest BCUT2D eigenvalue weighted by molar-refractivity contribution is 0.0194. The summed E-state index contributed by atoms with van der Waals surface area (Å²) in [4.78, 5) is 13.6. The predicted molar refractivity (Wildman–Crippen MR) is 68.5 cm³/mol. The van der Waals surface area contributed by atoms with Gasteiger partial charge in [0.2, 0.25) is 0 Å². The summed E-state index contributed by atoms with van der Waals surface area (Å²) >= 11 is 0. The van der Waals surface area contributed by atoms with Crippen LogP contribution in [0.4, 0.5) is 4.79 Å². The van der Waals surface area contributed by atoms with Crippen LogP contribution in [0.2, 0.25) is 0 Å². The van der Waals surface area contributed by atoms with Crippen molar-refractivity contribution < 1.29 is 9.53 Å². The zero-order valence-corrected chi connectivity index (χ0v) is 11.3. The molecule has 0 aromatic heterocycles. The van der Waals surface area contributed by atoms with Crippen LogP contribution in [0, 0.1) is 5.92 Å². The van der Waals surface area contributed by atoms with E-state index in [9.17, 15) is 4.79 Å². The maximum absolute atomic E-state index is 11.8. The first-order valence-corrected chi connectivity index (χ1v) is 6.23. The molecule has 0 aromatic rings. The Morgan fingerprint density at radius 3 is 2.29 bits per heavy atom. The zero-order chi connectivity index (χ0) is 13.1. The van der Waals surface area contributed by atoms with Crippen molar-refractivity contribution in [1.29, 1.82) is 0 Å². The van der Waals surface area contributed by atoms with Crippen molar-refractivity contribution >= 4 is 6.09 Å². The summed E-state index contributed by atoms with van der Waals surface area (Å²) in [7, 11) is 0.